The topological polar surface area (TPSA) is 60.1 Å². The van der Waals surface area contributed by atoms with E-state index in [-0.39, 0.29) is 12.2 Å². The van der Waals surface area contributed by atoms with Crippen molar-refractivity contribution in [1.82, 2.24) is 14.3 Å². The molecule has 0 saturated heterocycles. The van der Waals surface area contributed by atoms with E-state index in [1.54, 1.807) is 4.57 Å². The standard InChI is InChI=1S/C9H14FN3O2/c10-5-7(14)6-13-9(15)12-4-2-1-3-8(12)11-13/h7,14H,1-6H2. The largest absolute Gasteiger partial charge is 0.388 e. The number of hydrogen-bond acceptors (Lipinski definition) is 3. The minimum absolute atomic E-state index is 0.0602. The van der Waals surface area contributed by atoms with Gasteiger partial charge in [0.25, 0.3) is 0 Å². The van der Waals surface area contributed by atoms with Gasteiger partial charge in [0.2, 0.25) is 0 Å². The molecular weight excluding hydrogens is 201 g/mol. The average molecular weight is 215 g/mol. The van der Waals surface area contributed by atoms with Gasteiger partial charge in [-0.3, -0.25) is 4.57 Å². The van der Waals surface area contributed by atoms with E-state index in [2.05, 4.69) is 5.10 Å². The van der Waals surface area contributed by atoms with E-state index in [9.17, 15) is 9.18 Å². The monoisotopic (exact) mass is 215 g/mol. The fraction of sp³-hybridized carbons (Fsp3) is 0.778. The van der Waals surface area contributed by atoms with Crippen LogP contribution in [0, 0.1) is 0 Å². The summed E-state index contributed by atoms with van der Waals surface area (Å²) in [5.41, 5.74) is -0.239. The lowest BCUT2D eigenvalue weighted by Gasteiger charge is -2.09. The summed E-state index contributed by atoms with van der Waals surface area (Å²) in [5.74, 6) is 0.748. The summed E-state index contributed by atoms with van der Waals surface area (Å²) in [5, 5.41) is 13.2. The molecule has 5 nitrogen and oxygen atoms in total. The van der Waals surface area contributed by atoms with Gasteiger partial charge in [0, 0.05) is 13.0 Å². The van der Waals surface area contributed by atoms with Gasteiger partial charge in [-0.05, 0) is 12.8 Å². The first-order valence-corrected chi connectivity index (χ1v) is 5.13. The van der Waals surface area contributed by atoms with E-state index >= 15 is 0 Å². The maximum absolute atomic E-state index is 12.1. The lowest BCUT2D eigenvalue weighted by Crippen LogP contribution is -2.31. The van der Waals surface area contributed by atoms with Gasteiger partial charge in [0.05, 0.1) is 6.54 Å². The van der Waals surface area contributed by atoms with E-state index in [1.807, 2.05) is 0 Å². The summed E-state index contributed by atoms with van der Waals surface area (Å²) in [6, 6.07) is 0. The van der Waals surface area contributed by atoms with Crippen molar-refractivity contribution in [1.29, 1.82) is 0 Å². The average Bonchev–Trinajstić information content (AvgIpc) is 2.57. The molecule has 2 heterocycles. The normalized spacial score (nSPS) is 17.5. The molecule has 1 aliphatic heterocycles. The molecule has 1 aromatic heterocycles. The SMILES string of the molecule is O=c1n(CC(O)CF)nc2n1CCCC2. The molecule has 0 aromatic carbocycles. The highest BCUT2D eigenvalue weighted by Gasteiger charge is 2.17. The van der Waals surface area contributed by atoms with Crippen LogP contribution >= 0.6 is 0 Å². The van der Waals surface area contributed by atoms with Crippen molar-refractivity contribution in [3.8, 4) is 0 Å². The van der Waals surface area contributed by atoms with Gasteiger partial charge in [-0.25, -0.2) is 13.9 Å². The number of fused-ring (bicyclic) bond motifs is 1. The Morgan fingerprint density at radius 3 is 3.00 bits per heavy atom. The van der Waals surface area contributed by atoms with Crippen molar-refractivity contribution in [2.75, 3.05) is 6.67 Å². The van der Waals surface area contributed by atoms with Gasteiger partial charge in [-0.2, -0.15) is 5.10 Å². The molecule has 0 saturated carbocycles. The first-order chi connectivity index (χ1) is 7.22. The van der Waals surface area contributed by atoms with Gasteiger partial charge in [0.1, 0.15) is 18.6 Å². The van der Waals surface area contributed by atoms with Gasteiger partial charge in [0.15, 0.2) is 0 Å². The summed E-state index contributed by atoms with van der Waals surface area (Å²) < 4.78 is 14.9. The molecule has 6 heteroatoms. The molecule has 1 aliphatic rings. The summed E-state index contributed by atoms with van der Waals surface area (Å²) in [7, 11) is 0. The van der Waals surface area contributed by atoms with E-state index in [1.165, 1.54) is 0 Å². The highest BCUT2D eigenvalue weighted by atomic mass is 19.1. The van der Waals surface area contributed by atoms with Crippen molar-refractivity contribution < 1.29 is 9.50 Å². The molecule has 0 amide bonds. The minimum Gasteiger partial charge on any atom is -0.388 e. The van der Waals surface area contributed by atoms with E-state index in [0.29, 0.717) is 6.54 Å². The number of aryl methyl sites for hydroxylation is 1. The van der Waals surface area contributed by atoms with Crippen LogP contribution in [0.2, 0.25) is 0 Å². The first-order valence-electron chi connectivity index (χ1n) is 5.13. The van der Waals surface area contributed by atoms with Crippen molar-refractivity contribution in [3.63, 3.8) is 0 Å². The molecule has 1 aromatic rings. The zero-order valence-electron chi connectivity index (χ0n) is 8.40. The molecule has 1 atom stereocenters. The van der Waals surface area contributed by atoms with Gasteiger partial charge in [-0.15, -0.1) is 0 Å². The molecule has 84 valence electrons. The van der Waals surface area contributed by atoms with Crippen LogP contribution < -0.4 is 5.69 Å². The van der Waals surface area contributed by atoms with Crippen molar-refractivity contribution >= 4 is 0 Å². The van der Waals surface area contributed by atoms with Crippen LogP contribution in [0.25, 0.3) is 0 Å². The van der Waals surface area contributed by atoms with Crippen molar-refractivity contribution in [2.24, 2.45) is 0 Å². The fourth-order valence-corrected chi connectivity index (χ4v) is 1.82. The highest BCUT2D eigenvalue weighted by molar-refractivity contribution is 4.91. The molecule has 15 heavy (non-hydrogen) atoms. The van der Waals surface area contributed by atoms with Crippen molar-refractivity contribution in [2.45, 2.75) is 38.5 Å². The smallest absolute Gasteiger partial charge is 0.346 e. The highest BCUT2D eigenvalue weighted by Crippen LogP contribution is 2.09. The summed E-state index contributed by atoms with van der Waals surface area (Å²) >= 11 is 0. The van der Waals surface area contributed by atoms with Crippen molar-refractivity contribution in [3.05, 3.63) is 16.3 Å². The summed E-state index contributed by atoms with van der Waals surface area (Å²) in [4.78, 5) is 11.7. The number of aromatic nitrogens is 3. The predicted molar refractivity (Wildman–Crippen MR) is 51.4 cm³/mol. The number of halogens is 1. The molecule has 0 aliphatic carbocycles. The Kier molecular flexibility index (Phi) is 2.86. The quantitative estimate of drug-likeness (QED) is 0.753. The number of rotatable bonds is 3. The van der Waals surface area contributed by atoms with Crippen LogP contribution in [0.3, 0.4) is 0 Å². The number of nitrogens with zero attached hydrogens (tertiary/aromatic N) is 3. The molecule has 0 spiro atoms. The number of aliphatic hydroxyl groups is 1. The van der Waals surface area contributed by atoms with Crippen LogP contribution in [0.1, 0.15) is 18.7 Å². The summed E-state index contributed by atoms with van der Waals surface area (Å²) in [6.07, 6.45) is 1.65. The Morgan fingerprint density at radius 2 is 2.33 bits per heavy atom. The number of alkyl halides is 1. The second-order valence-electron chi connectivity index (χ2n) is 3.80. The van der Waals surface area contributed by atoms with E-state index < -0.39 is 12.8 Å². The minimum atomic E-state index is -1.14. The van der Waals surface area contributed by atoms with Crippen LogP contribution in [-0.2, 0) is 19.5 Å². The molecule has 0 radical (unpaired) electrons. The predicted octanol–water partition coefficient (Wildman–Crippen LogP) is -0.289. The van der Waals surface area contributed by atoms with Crippen LogP contribution in [0.5, 0.6) is 0 Å². The Labute approximate surface area is 86.1 Å². The van der Waals surface area contributed by atoms with E-state index in [4.69, 9.17) is 5.11 Å². The number of aliphatic hydroxyl groups excluding tert-OH is 1. The van der Waals surface area contributed by atoms with Crippen LogP contribution in [0.15, 0.2) is 4.79 Å². The van der Waals surface area contributed by atoms with Crippen LogP contribution in [-0.4, -0.2) is 32.2 Å². The zero-order chi connectivity index (χ0) is 10.8. The zero-order valence-corrected chi connectivity index (χ0v) is 8.40. The van der Waals surface area contributed by atoms with Gasteiger partial charge < -0.3 is 5.11 Å². The molecule has 0 fully saturated rings. The van der Waals surface area contributed by atoms with Gasteiger partial charge >= 0.3 is 5.69 Å². The third-order valence-corrected chi connectivity index (χ3v) is 2.59. The summed E-state index contributed by atoms with van der Waals surface area (Å²) in [6.45, 7) is -0.232. The molecule has 0 bridgehead atoms. The van der Waals surface area contributed by atoms with Crippen LogP contribution in [0.4, 0.5) is 4.39 Å². The Morgan fingerprint density at radius 1 is 1.53 bits per heavy atom. The fourth-order valence-electron chi connectivity index (χ4n) is 1.82. The Hall–Kier alpha value is -1.17. The maximum Gasteiger partial charge on any atom is 0.346 e. The molecule has 2 rings (SSSR count). The second kappa shape index (κ2) is 4.14. The lowest BCUT2D eigenvalue weighted by atomic mass is 10.2. The maximum atomic E-state index is 12.1. The third-order valence-electron chi connectivity index (χ3n) is 2.59. The molecule has 1 N–H and O–H groups in total. The first kappa shape index (κ1) is 10.4. The van der Waals surface area contributed by atoms with Gasteiger partial charge in [-0.1, -0.05) is 0 Å². The molecule has 1 unspecified atom stereocenters. The Bertz CT molecular complexity index is 399. The molecular formula is C9H14FN3O2. The lowest BCUT2D eigenvalue weighted by molar-refractivity contribution is 0.116. The second-order valence-corrected chi connectivity index (χ2v) is 3.80. The number of hydrogen-bond donors (Lipinski definition) is 1. The van der Waals surface area contributed by atoms with E-state index in [0.717, 1.165) is 29.8 Å². The third kappa shape index (κ3) is 1.94. The Balaban J connectivity index is 2.25.